The van der Waals surface area contributed by atoms with Crippen molar-refractivity contribution in [3.05, 3.63) is 36.1 Å². The molecule has 0 bridgehead atoms. The molecule has 102 valence electrons. The number of para-hydroxylation sites is 1. The summed E-state index contributed by atoms with van der Waals surface area (Å²) in [6.45, 7) is 3.21. The number of nitrogens with one attached hydrogen (secondary N) is 1. The topological polar surface area (TPSA) is 45.4 Å². The van der Waals surface area contributed by atoms with Crippen LogP contribution in [0.5, 0.6) is 0 Å². The molecule has 3 unspecified atom stereocenters. The molecule has 2 aromatic rings. The Morgan fingerprint density at radius 3 is 3.05 bits per heavy atom. The van der Waals surface area contributed by atoms with Crippen LogP contribution in [0.25, 0.3) is 11.0 Å². The molecule has 3 rings (SSSR count). The minimum absolute atomic E-state index is 0.110. The van der Waals surface area contributed by atoms with Crippen molar-refractivity contribution in [2.75, 3.05) is 6.54 Å². The summed E-state index contributed by atoms with van der Waals surface area (Å²) in [4.78, 5) is 0. The van der Waals surface area contributed by atoms with Crippen molar-refractivity contribution in [3.8, 4) is 0 Å². The molecule has 3 nitrogen and oxygen atoms in total. The number of rotatable bonds is 3. The van der Waals surface area contributed by atoms with Crippen LogP contribution in [-0.4, -0.2) is 17.7 Å². The SMILES string of the molecule is CCC1CCNC(C(O)c2cc3ccccc3o2)C1. The lowest BCUT2D eigenvalue weighted by Gasteiger charge is -2.32. The molecule has 1 aliphatic heterocycles. The minimum atomic E-state index is -0.554. The second-order valence-corrected chi connectivity index (χ2v) is 5.49. The van der Waals surface area contributed by atoms with Crippen molar-refractivity contribution in [2.24, 2.45) is 5.92 Å². The molecule has 1 aromatic carbocycles. The van der Waals surface area contributed by atoms with Gasteiger partial charge >= 0.3 is 0 Å². The van der Waals surface area contributed by atoms with Crippen LogP contribution in [0.2, 0.25) is 0 Å². The molecule has 0 amide bonds. The lowest BCUT2D eigenvalue weighted by molar-refractivity contribution is 0.0806. The fourth-order valence-electron chi connectivity index (χ4n) is 2.99. The van der Waals surface area contributed by atoms with Crippen LogP contribution in [0.1, 0.15) is 38.1 Å². The second-order valence-electron chi connectivity index (χ2n) is 5.49. The van der Waals surface area contributed by atoms with E-state index in [1.807, 2.05) is 30.3 Å². The molecule has 2 heterocycles. The molecule has 2 N–H and O–H groups in total. The fraction of sp³-hybridized carbons (Fsp3) is 0.500. The maximum atomic E-state index is 10.5. The summed E-state index contributed by atoms with van der Waals surface area (Å²) in [6, 6.07) is 9.96. The van der Waals surface area contributed by atoms with E-state index in [0.717, 1.165) is 23.9 Å². The van der Waals surface area contributed by atoms with Crippen molar-refractivity contribution >= 4 is 11.0 Å². The first kappa shape index (κ1) is 12.7. The summed E-state index contributed by atoms with van der Waals surface area (Å²) in [7, 11) is 0. The highest BCUT2D eigenvalue weighted by Crippen LogP contribution is 2.30. The Balaban J connectivity index is 1.80. The van der Waals surface area contributed by atoms with Crippen molar-refractivity contribution in [1.82, 2.24) is 5.32 Å². The lowest BCUT2D eigenvalue weighted by atomic mass is 9.87. The number of hydrogen-bond acceptors (Lipinski definition) is 3. The van der Waals surface area contributed by atoms with E-state index < -0.39 is 6.10 Å². The average molecular weight is 259 g/mol. The van der Waals surface area contributed by atoms with Gasteiger partial charge in [0.15, 0.2) is 0 Å². The van der Waals surface area contributed by atoms with E-state index in [1.54, 1.807) is 0 Å². The van der Waals surface area contributed by atoms with Crippen LogP contribution < -0.4 is 5.32 Å². The number of fused-ring (bicyclic) bond motifs is 1. The molecule has 1 aromatic heterocycles. The first-order chi connectivity index (χ1) is 9.28. The highest BCUT2D eigenvalue weighted by molar-refractivity contribution is 5.77. The summed E-state index contributed by atoms with van der Waals surface area (Å²) in [5, 5.41) is 15.0. The van der Waals surface area contributed by atoms with E-state index in [4.69, 9.17) is 4.42 Å². The van der Waals surface area contributed by atoms with Gasteiger partial charge in [0.05, 0.1) is 0 Å². The average Bonchev–Trinajstić information content (AvgIpc) is 2.90. The quantitative estimate of drug-likeness (QED) is 0.889. The zero-order valence-electron chi connectivity index (χ0n) is 11.3. The first-order valence-electron chi connectivity index (χ1n) is 7.18. The number of aliphatic hydroxyl groups excluding tert-OH is 1. The van der Waals surface area contributed by atoms with E-state index in [2.05, 4.69) is 12.2 Å². The molecular weight excluding hydrogens is 238 g/mol. The van der Waals surface area contributed by atoms with Crippen molar-refractivity contribution < 1.29 is 9.52 Å². The summed E-state index contributed by atoms with van der Waals surface area (Å²) < 4.78 is 5.76. The van der Waals surface area contributed by atoms with E-state index in [-0.39, 0.29) is 6.04 Å². The molecule has 0 saturated carbocycles. The molecule has 0 aliphatic carbocycles. The Bertz CT molecular complexity index is 515. The van der Waals surface area contributed by atoms with Crippen LogP contribution in [0, 0.1) is 5.92 Å². The summed E-state index contributed by atoms with van der Waals surface area (Å²) >= 11 is 0. The van der Waals surface area contributed by atoms with E-state index in [9.17, 15) is 5.11 Å². The molecule has 3 heteroatoms. The highest BCUT2D eigenvalue weighted by atomic mass is 16.4. The van der Waals surface area contributed by atoms with Crippen LogP contribution in [0.3, 0.4) is 0 Å². The van der Waals surface area contributed by atoms with Crippen molar-refractivity contribution in [1.29, 1.82) is 0 Å². The molecule has 1 fully saturated rings. The van der Waals surface area contributed by atoms with Crippen LogP contribution in [0.4, 0.5) is 0 Å². The van der Waals surface area contributed by atoms with Gasteiger partial charge in [-0.3, -0.25) is 0 Å². The van der Waals surface area contributed by atoms with E-state index in [0.29, 0.717) is 11.7 Å². The van der Waals surface area contributed by atoms with Gasteiger partial charge in [-0.05, 0) is 37.4 Å². The number of benzene rings is 1. The van der Waals surface area contributed by atoms with Gasteiger partial charge in [0.25, 0.3) is 0 Å². The molecule has 0 spiro atoms. The summed E-state index contributed by atoms with van der Waals surface area (Å²) in [5.41, 5.74) is 0.847. The molecule has 1 saturated heterocycles. The van der Waals surface area contributed by atoms with Gasteiger partial charge in [-0.1, -0.05) is 31.5 Å². The molecule has 0 radical (unpaired) electrons. The third kappa shape index (κ3) is 2.53. The third-order valence-corrected chi connectivity index (χ3v) is 4.24. The molecular formula is C16H21NO2. The zero-order valence-corrected chi connectivity index (χ0v) is 11.3. The summed E-state index contributed by atoms with van der Waals surface area (Å²) in [6.07, 6.45) is 2.86. The first-order valence-corrected chi connectivity index (χ1v) is 7.18. The monoisotopic (exact) mass is 259 g/mol. The van der Waals surface area contributed by atoms with Crippen molar-refractivity contribution in [3.63, 3.8) is 0 Å². The van der Waals surface area contributed by atoms with Gasteiger partial charge in [-0.15, -0.1) is 0 Å². The number of hydrogen-bond donors (Lipinski definition) is 2. The maximum Gasteiger partial charge on any atom is 0.135 e. The number of furan rings is 1. The highest BCUT2D eigenvalue weighted by Gasteiger charge is 2.29. The third-order valence-electron chi connectivity index (χ3n) is 4.24. The smallest absolute Gasteiger partial charge is 0.135 e. The second kappa shape index (κ2) is 5.35. The van der Waals surface area contributed by atoms with Gasteiger partial charge in [0, 0.05) is 11.4 Å². The Morgan fingerprint density at radius 1 is 1.42 bits per heavy atom. The minimum Gasteiger partial charge on any atom is -0.458 e. The van der Waals surface area contributed by atoms with Crippen LogP contribution in [0.15, 0.2) is 34.7 Å². The predicted molar refractivity (Wildman–Crippen MR) is 76.0 cm³/mol. The van der Waals surface area contributed by atoms with Gasteiger partial charge in [0.2, 0.25) is 0 Å². The Morgan fingerprint density at radius 2 is 2.26 bits per heavy atom. The molecule has 3 atom stereocenters. The van der Waals surface area contributed by atoms with E-state index >= 15 is 0 Å². The largest absolute Gasteiger partial charge is 0.458 e. The zero-order chi connectivity index (χ0) is 13.2. The predicted octanol–water partition coefficient (Wildman–Crippen LogP) is 3.24. The lowest BCUT2D eigenvalue weighted by Crippen LogP contribution is -2.41. The molecule has 1 aliphatic rings. The van der Waals surface area contributed by atoms with Gasteiger partial charge < -0.3 is 14.8 Å². The maximum absolute atomic E-state index is 10.5. The summed E-state index contributed by atoms with van der Waals surface area (Å²) in [5.74, 6) is 1.39. The normalized spacial score (nSPS) is 25.6. The Hall–Kier alpha value is -1.32. The number of aliphatic hydroxyl groups is 1. The van der Waals surface area contributed by atoms with Gasteiger partial charge in [-0.2, -0.15) is 0 Å². The van der Waals surface area contributed by atoms with Crippen LogP contribution >= 0.6 is 0 Å². The Kier molecular flexibility index (Phi) is 3.58. The van der Waals surface area contributed by atoms with Crippen LogP contribution in [-0.2, 0) is 0 Å². The number of piperidine rings is 1. The van der Waals surface area contributed by atoms with Gasteiger partial charge in [0.1, 0.15) is 17.4 Å². The molecule has 19 heavy (non-hydrogen) atoms. The van der Waals surface area contributed by atoms with E-state index in [1.165, 1.54) is 12.8 Å². The fourth-order valence-corrected chi connectivity index (χ4v) is 2.99. The Labute approximate surface area is 113 Å². The standard InChI is InChI=1S/C16H21NO2/c1-2-11-7-8-17-13(9-11)16(18)15-10-12-5-3-4-6-14(12)19-15/h3-6,10-11,13,16-18H,2,7-9H2,1H3. The van der Waals surface area contributed by atoms with Gasteiger partial charge in [-0.25, -0.2) is 0 Å². The van der Waals surface area contributed by atoms with Crippen molar-refractivity contribution in [2.45, 2.75) is 38.3 Å².